The van der Waals surface area contributed by atoms with Crippen LogP contribution in [0.5, 0.6) is 0 Å². The first-order valence-corrected chi connectivity index (χ1v) is 6.52. The molecule has 86 valence electrons. The van der Waals surface area contributed by atoms with Gasteiger partial charge in [0.2, 0.25) is 0 Å². The highest BCUT2D eigenvalue weighted by Gasteiger charge is 2.26. The highest BCUT2D eigenvalue weighted by Crippen LogP contribution is 2.35. The third-order valence-corrected chi connectivity index (χ3v) is 3.88. The summed E-state index contributed by atoms with van der Waals surface area (Å²) in [6, 6.07) is 9.47. The zero-order valence-corrected chi connectivity index (χ0v) is 9.78. The Bertz CT molecular complexity index is 356. The van der Waals surface area contributed by atoms with Gasteiger partial charge in [-0.1, -0.05) is 24.6 Å². The molecular weight excluding hydrogens is 196 g/mol. The summed E-state index contributed by atoms with van der Waals surface area (Å²) in [5, 5.41) is 3.51. The monoisotopic (exact) mass is 216 g/mol. The van der Waals surface area contributed by atoms with Gasteiger partial charge in [0.05, 0.1) is 0 Å². The Morgan fingerprint density at radius 3 is 2.75 bits per heavy atom. The number of anilines is 1. The van der Waals surface area contributed by atoms with E-state index in [0.29, 0.717) is 6.04 Å². The number of rotatable bonds is 1. The van der Waals surface area contributed by atoms with Crippen molar-refractivity contribution in [3.05, 3.63) is 29.8 Å². The smallest absolute Gasteiger partial charge is 0.0388 e. The topological polar surface area (TPSA) is 15.3 Å². The molecule has 2 aliphatic heterocycles. The summed E-state index contributed by atoms with van der Waals surface area (Å²) in [4.78, 5) is 2.68. The maximum absolute atomic E-state index is 3.51. The standard InChI is InChI=1S/C14H20N2/c1-4-10-16(11-5-1)14-8-9-15-13-7-3-2-6-12(13)14/h2-3,6-7,14-15H,1,4-5,8-11H2. The molecule has 0 spiro atoms. The Kier molecular flexibility index (Phi) is 2.83. The fourth-order valence-corrected chi connectivity index (χ4v) is 3.06. The van der Waals surface area contributed by atoms with E-state index in [1.54, 1.807) is 0 Å². The first-order chi connectivity index (χ1) is 7.95. The molecule has 1 atom stereocenters. The molecular formula is C14H20N2. The SMILES string of the molecule is c1ccc2c(c1)NCCC2N1CCCCC1. The van der Waals surface area contributed by atoms with Crippen LogP contribution in [0.3, 0.4) is 0 Å². The Morgan fingerprint density at radius 1 is 1.06 bits per heavy atom. The average Bonchev–Trinajstić information content (AvgIpc) is 2.39. The van der Waals surface area contributed by atoms with Gasteiger partial charge in [0.1, 0.15) is 0 Å². The third-order valence-electron chi connectivity index (χ3n) is 3.88. The number of piperidine rings is 1. The third kappa shape index (κ3) is 1.82. The number of benzene rings is 1. The summed E-state index contributed by atoms with van der Waals surface area (Å²) in [5.41, 5.74) is 2.86. The number of fused-ring (bicyclic) bond motifs is 1. The van der Waals surface area contributed by atoms with Crippen LogP contribution in [0, 0.1) is 0 Å². The van der Waals surface area contributed by atoms with Gasteiger partial charge in [0, 0.05) is 18.3 Å². The molecule has 2 heterocycles. The molecule has 1 aromatic rings. The predicted octanol–water partition coefficient (Wildman–Crippen LogP) is 3.03. The van der Waals surface area contributed by atoms with E-state index in [2.05, 4.69) is 34.5 Å². The quantitative estimate of drug-likeness (QED) is 0.776. The molecule has 2 nitrogen and oxygen atoms in total. The van der Waals surface area contributed by atoms with E-state index in [9.17, 15) is 0 Å². The fourth-order valence-electron chi connectivity index (χ4n) is 3.06. The number of hydrogen-bond donors (Lipinski definition) is 1. The van der Waals surface area contributed by atoms with Crippen molar-refractivity contribution < 1.29 is 0 Å². The number of nitrogens with one attached hydrogen (secondary N) is 1. The normalized spacial score (nSPS) is 25.9. The van der Waals surface area contributed by atoms with Gasteiger partial charge in [0.15, 0.2) is 0 Å². The second kappa shape index (κ2) is 4.46. The Labute approximate surface area is 97.6 Å². The molecule has 2 heteroatoms. The van der Waals surface area contributed by atoms with E-state index in [0.717, 1.165) is 6.54 Å². The Morgan fingerprint density at radius 2 is 1.88 bits per heavy atom. The van der Waals surface area contributed by atoms with Crippen molar-refractivity contribution in [3.8, 4) is 0 Å². The Hall–Kier alpha value is -1.02. The van der Waals surface area contributed by atoms with Crippen LogP contribution in [-0.2, 0) is 0 Å². The molecule has 0 saturated carbocycles. The fraction of sp³-hybridized carbons (Fsp3) is 0.571. The minimum Gasteiger partial charge on any atom is -0.385 e. The van der Waals surface area contributed by atoms with E-state index in [4.69, 9.17) is 0 Å². The van der Waals surface area contributed by atoms with Gasteiger partial charge in [-0.25, -0.2) is 0 Å². The van der Waals surface area contributed by atoms with Gasteiger partial charge >= 0.3 is 0 Å². The van der Waals surface area contributed by atoms with Crippen LogP contribution >= 0.6 is 0 Å². The summed E-state index contributed by atoms with van der Waals surface area (Å²) in [6.45, 7) is 3.70. The average molecular weight is 216 g/mol. The van der Waals surface area contributed by atoms with Gasteiger partial charge in [0.25, 0.3) is 0 Å². The van der Waals surface area contributed by atoms with E-state index < -0.39 is 0 Å². The van der Waals surface area contributed by atoms with Crippen LogP contribution in [-0.4, -0.2) is 24.5 Å². The lowest BCUT2D eigenvalue weighted by molar-refractivity contribution is 0.156. The molecule has 2 aliphatic rings. The highest BCUT2D eigenvalue weighted by atomic mass is 15.2. The van der Waals surface area contributed by atoms with Crippen LogP contribution in [0.4, 0.5) is 5.69 Å². The van der Waals surface area contributed by atoms with Crippen molar-refractivity contribution in [3.63, 3.8) is 0 Å². The van der Waals surface area contributed by atoms with E-state index in [1.165, 1.54) is 50.0 Å². The molecule has 1 fully saturated rings. The predicted molar refractivity (Wildman–Crippen MR) is 67.7 cm³/mol. The summed E-state index contributed by atoms with van der Waals surface area (Å²) in [5.74, 6) is 0. The number of likely N-dealkylation sites (tertiary alicyclic amines) is 1. The molecule has 0 aromatic heterocycles. The minimum atomic E-state index is 0.665. The lowest BCUT2D eigenvalue weighted by Gasteiger charge is -2.38. The van der Waals surface area contributed by atoms with E-state index in [1.807, 2.05) is 0 Å². The van der Waals surface area contributed by atoms with Crippen molar-refractivity contribution in [2.45, 2.75) is 31.7 Å². The molecule has 0 bridgehead atoms. The number of hydrogen-bond acceptors (Lipinski definition) is 2. The minimum absolute atomic E-state index is 0.665. The zero-order chi connectivity index (χ0) is 10.8. The van der Waals surface area contributed by atoms with E-state index >= 15 is 0 Å². The molecule has 0 aliphatic carbocycles. The Balaban J connectivity index is 1.86. The van der Waals surface area contributed by atoms with Crippen molar-refractivity contribution in [2.75, 3.05) is 25.0 Å². The summed E-state index contributed by atoms with van der Waals surface area (Å²) in [7, 11) is 0. The number of para-hydroxylation sites is 1. The summed E-state index contributed by atoms with van der Waals surface area (Å²) >= 11 is 0. The van der Waals surface area contributed by atoms with Gasteiger partial charge < -0.3 is 5.32 Å². The van der Waals surface area contributed by atoms with Gasteiger partial charge in [-0.05, 0) is 44.0 Å². The van der Waals surface area contributed by atoms with Gasteiger partial charge in [-0.3, -0.25) is 4.90 Å². The van der Waals surface area contributed by atoms with Crippen molar-refractivity contribution >= 4 is 5.69 Å². The summed E-state index contributed by atoms with van der Waals surface area (Å²) < 4.78 is 0. The maximum atomic E-state index is 3.51. The molecule has 1 unspecified atom stereocenters. The number of nitrogens with zero attached hydrogens (tertiary/aromatic N) is 1. The maximum Gasteiger partial charge on any atom is 0.0388 e. The lowest BCUT2D eigenvalue weighted by atomic mass is 9.94. The van der Waals surface area contributed by atoms with Gasteiger partial charge in [-0.2, -0.15) is 0 Å². The largest absolute Gasteiger partial charge is 0.385 e. The molecule has 0 amide bonds. The van der Waals surface area contributed by atoms with Crippen molar-refractivity contribution in [1.29, 1.82) is 0 Å². The molecule has 0 radical (unpaired) electrons. The second-order valence-electron chi connectivity index (χ2n) is 4.92. The van der Waals surface area contributed by atoms with Crippen LogP contribution in [0.1, 0.15) is 37.3 Å². The molecule has 1 N–H and O–H groups in total. The highest BCUT2D eigenvalue weighted by molar-refractivity contribution is 5.54. The zero-order valence-electron chi connectivity index (χ0n) is 9.78. The lowest BCUT2D eigenvalue weighted by Crippen LogP contribution is -2.36. The molecule has 3 rings (SSSR count). The summed E-state index contributed by atoms with van der Waals surface area (Å²) in [6.07, 6.45) is 5.44. The first-order valence-electron chi connectivity index (χ1n) is 6.52. The molecule has 1 aromatic carbocycles. The van der Waals surface area contributed by atoms with Crippen LogP contribution < -0.4 is 5.32 Å². The van der Waals surface area contributed by atoms with Crippen molar-refractivity contribution in [2.24, 2.45) is 0 Å². The second-order valence-corrected chi connectivity index (χ2v) is 4.92. The van der Waals surface area contributed by atoms with Gasteiger partial charge in [-0.15, -0.1) is 0 Å². The van der Waals surface area contributed by atoms with Crippen LogP contribution in [0.2, 0.25) is 0 Å². The first kappa shape index (κ1) is 10.2. The van der Waals surface area contributed by atoms with Crippen LogP contribution in [0.25, 0.3) is 0 Å². The van der Waals surface area contributed by atoms with Crippen LogP contribution in [0.15, 0.2) is 24.3 Å². The molecule has 16 heavy (non-hydrogen) atoms. The van der Waals surface area contributed by atoms with E-state index in [-0.39, 0.29) is 0 Å². The molecule has 1 saturated heterocycles. The van der Waals surface area contributed by atoms with Crippen molar-refractivity contribution in [1.82, 2.24) is 4.90 Å².